The van der Waals surface area contributed by atoms with Crippen molar-refractivity contribution in [1.29, 1.82) is 0 Å². The second-order valence-corrected chi connectivity index (χ2v) is 7.69. The van der Waals surface area contributed by atoms with Crippen molar-refractivity contribution in [2.45, 2.75) is 18.8 Å². The lowest BCUT2D eigenvalue weighted by atomic mass is 9.97. The maximum Gasteiger partial charge on any atom is 0.321 e. The van der Waals surface area contributed by atoms with Gasteiger partial charge in [-0.05, 0) is 43.2 Å². The summed E-state index contributed by atoms with van der Waals surface area (Å²) >= 11 is 0. The average Bonchev–Trinajstić information content (AvgIpc) is 3.37. The van der Waals surface area contributed by atoms with Crippen molar-refractivity contribution >= 4 is 11.7 Å². The monoisotopic (exact) mass is 442 g/mol. The molecule has 0 radical (unpaired) electrons. The molecule has 1 saturated heterocycles. The number of likely N-dealkylation sites (tertiary alicyclic amines) is 1. The first-order valence-electron chi connectivity index (χ1n) is 10.7. The Hall–Kier alpha value is -4.27. The zero-order valence-corrected chi connectivity index (χ0v) is 17.8. The lowest BCUT2D eigenvalue weighted by Crippen LogP contribution is -2.40. The third-order valence-corrected chi connectivity index (χ3v) is 5.52. The summed E-state index contributed by atoms with van der Waals surface area (Å²) in [7, 11) is 0. The second kappa shape index (κ2) is 9.47. The molecule has 5 rings (SSSR count). The van der Waals surface area contributed by atoms with Crippen LogP contribution in [0.5, 0.6) is 11.5 Å². The van der Waals surface area contributed by atoms with Crippen molar-refractivity contribution in [3.05, 3.63) is 78.9 Å². The number of ether oxygens (including phenoxy) is 1. The molecule has 166 valence electrons. The van der Waals surface area contributed by atoms with Gasteiger partial charge in [0.1, 0.15) is 5.75 Å². The molecule has 3 heterocycles. The van der Waals surface area contributed by atoms with Crippen LogP contribution >= 0.6 is 0 Å². The quantitative estimate of drug-likeness (QED) is 0.476. The largest absolute Gasteiger partial charge is 0.455 e. The number of hydrogen-bond acceptors (Lipinski definition) is 7. The lowest BCUT2D eigenvalue weighted by molar-refractivity contribution is 0.187. The van der Waals surface area contributed by atoms with Crippen LogP contribution in [0, 0.1) is 0 Å². The topological polar surface area (TPSA) is 106 Å². The van der Waals surface area contributed by atoms with Crippen LogP contribution in [0.25, 0.3) is 11.4 Å². The summed E-state index contributed by atoms with van der Waals surface area (Å²) in [4.78, 5) is 19.2. The summed E-state index contributed by atoms with van der Waals surface area (Å²) in [6, 6.07) is 18.5. The molecule has 0 unspecified atom stereocenters. The fourth-order valence-corrected chi connectivity index (χ4v) is 3.74. The zero-order valence-electron chi connectivity index (χ0n) is 17.8. The summed E-state index contributed by atoms with van der Waals surface area (Å²) in [5.41, 5.74) is 1.38. The first-order valence-corrected chi connectivity index (χ1v) is 10.7. The summed E-state index contributed by atoms with van der Waals surface area (Å²) in [5, 5.41) is 14.6. The molecule has 0 bridgehead atoms. The van der Waals surface area contributed by atoms with Gasteiger partial charge >= 0.3 is 6.03 Å². The van der Waals surface area contributed by atoms with E-state index < -0.39 is 0 Å². The normalized spacial score (nSPS) is 14.1. The predicted octanol–water partition coefficient (Wildman–Crippen LogP) is 4.73. The number of carbonyl (C=O) groups excluding carboxylic acids is 1. The second-order valence-electron chi connectivity index (χ2n) is 7.69. The highest BCUT2D eigenvalue weighted by Crippen LogP contribution is 2.31. The number of piperidine rings is 1. The van der Waals surface area contributed by atoms with Crippen molar-refractivity contribution in [3.63, 3.8) is 0 Å². The van der Waals surface area contributed by atoms with Crippen LogP contribution in [0.4, 0.5) is 10.5 Å². The van der Waals surface area contributed by atoms with Crippen LogP contribution in [0.1, 0.15) is 24.7 Å². The number of anilines is 1. The van der Waals surface area contributed by atoms with Gasteiger partial charge in [-0.15, -0.1) is 0 Å². The highest BCUT2D eigenvalue weighted by atomic mass is 16.5. The Labute approximate surface area is 190 Å². The highest BCUT2D eigenvalue weighted by molar-refractivity contribution is 5.91. The molecule has 0 aliphatic carbocycles. The van der Waals surface area contributed by atoms with E-state index in [2.05, 4.69) is 25.7 Å². The first kappa shape index (κ1) is 20.6. The van der Waals surface area contributed by atoms with E-state index in [0.717, 1.165) is 18.4 Å². The number of amides is 2. The summed E-state index contributed by atoms with van der Waals surface area (Å²) in [5.74, 6) is 2.50. The highest BCUT2D eigenvalue weighted by Gasteiger charge is 2.28. The Bertz CT molecular complexity index is 1210. The van der Waals surface area contributed by atoms with Gasteiger partial charge in [0, 0.05) is 24.6 Å². The number of rotatable bonds is 5. The number of hydrogen-bond donors (Lipinski definition) is 1. The maximum absolute atomic E-state index is 12.9. The number of benzene rings is 2. The van der Waals surface area contributed by atoms with Crippen LogP contribution in [-0.4, -0.2) is 44.4 Å². The van der Waals surface area contributed by atoms with Crippen molar-refractivity contribution in [3.8, 4) is 22.9 Å². The molecule has 33 heavy (non-hydrogen) atoms. The van der Waals surface area contributed by atoms with Gasteiger partial charge in [-0.25, -0.2) is 4.79 Å². The molecule has 4 aromatic rings. The number of nitrogens with zero attached hydrogens (tertiary/aromatic N) is 5. The van der Waals surface area contributed by atoms with E-state index in [1.165, 1.54) is 0 Å². The molecule has 2 amide bonds. The summed E-state index contributed by atoms with van der Waals surface area (Å²) < 4.78 is 11.4. The maximum atomic E-state index is 12.9. The van der Waals surface area contributed by atoms with Crippen LogP contribution in [-0.2, 0) is 0 Å². The molecule has 9 nitrogen and oxygen atoms in total. The molecule has 0 spiro atoms. The number of para-hydroxylation sites is 3. The standard InChI is InChI=1S/C24H22N6O3/c31-24(27-20-8-4-5-9-21(20)32-19-6-2-1-3-7-19)30-14-11-17(12-15-30)23-28-22(29-33-23)18-10-13-25-26-16-18/h1-10,13,16-17H,11-12,14-15H2,(H,27,31). The van der Waals surface area contributed by atoms with E-state index in [1.54, 1.807) is 23.4 Å². The number of urea groups is 1. The van der Waals surface area contributed by atoms with Gasteiger partial charge in [0.05, 0.1) is 18.1 Å². The van der Waals surface area contributed by atoms with Crippen LogP contribution in [0.15, 0.2) is 77.6 Å². The van der Waals surface area contributed by atoms with Crippen LogP contribution in [0.3, 0.4) is 0 Å². The van der Waals surface area contributed by atoms with Crippen molar-refractivity contribution in [2.75, 3.05) is 18.4 Å². The van der Waals surface area contributed by atoms with Crippen LogP contribution < -0.4 is 10.1 Å². The third-order valence-electron chi connectivity index (χ3n) is 5.52. The first-order chi connectivity index (χ1) is 16.3. The molecular formula is C24H22N6O3. The summed E-state index contributed by atoms with van der Waals surface area (Å²) in [6.07, 6.45) is 4.67. The third kappa shape index (κ3) is 4.82. The minimum absolute atomic E-state index is 0.110. The molecular weight excluding hydrogens is 420 g/mol. The molecule has 0 atom stereocenters. The van der Waals surface area contributed by atoms with Gasteiger partial charge in [0.2, 0.25) is 11.7 Å². The predicted molar refractivity (Wildman–Crippen MR) is 121 cm³/mol. The molecule has 2 aromatic carbocycles. The fraction of sp³-hybridized carbons (Fsp3) is 0.208. The van der Waals surface area contributed by atoms with Gasteiger partial charge in [0.25, 0.3) is 0 Å². The Morgan fingerprint density at radius 1 is 1.00 bits per heavy atom. The Morgan fingerprint density at radius 2 is 1.79 bits per heavy atom. The minimum atomic E-state index is -0.161. The fourth-order valence-electron chi connectivity index (χ4n) is 3.74. The van der Waals surface area contributed by atoms with E-state index in [0.29, 0.717) is 42.0 Å². The van der Waals surface area contributed by atoms with Gasteiger partial charge in [-0.1, -0.05) is 35.5 Å². The average molecular weight is 442 g/mol. The molecule has 1 aliphatic heterocycles. The van der Waals surface area contributed by atoms with E-state index in [4.69, 9.17) is 9.26 Å². The van der Waals surface area contributed by atoms with Gasteiger partial charge in [-0.2, -0.15) is 15.2 Å². The molecule has 1 N–H and O–H groups in total. The van der Waals surface area contributed by atoms with Gasteiger partial charge in [0.15, 0.2) is 5.75 Å². The lowest BCUT2D eigenvalue weighted by Gasteiger charge is -2.30. The molecule has 0 saturated carbocycles. The van der Waals surface area contributed by atoms with Crippen molar-refractivity contribution < 1.29 is 14.1 Å². The number of nitrogens with one attached hydrogen (secondary N) is 1. The van der Waals surface area contributed by atoms with E-state index >= 15 is 0 Å². The minimum Gasteiger partial charge on any atom is -0.455 e. The SMILES string of the molecule is O=C(Nc1ccccc1Oc1ccccc1)N1CCC(c2nc(-c3ccnnc3)no2)CC1. The zero-order chi connectivity index (χ0) is 22.5. The number of carbonyl (C=O) groups is 1. The Balaban J connectivity index is 1.19. The Morgan fingerprint density at radius 3 is 2.58 bits per heavy atom. The molecule has 2 aromatic heterocycles. The molecule has 1 aliphatic rings. The molecule has 9 heteroatoms. The van der Waals surface area contributed by atoms with E-state index in [-0.39, 0.29) is 11.9 Å². The van der Waals surface area contributed by atoms with Crippen LogP contribution in [0.2, 0.25) is 0 Å². The molecule has 1 fully saturated rings. The van der Waals surface area contributed by atoms with E-state index in [9.17, 15) is 4.79 Å². The summed E-state index contributed by atoms with van der Waals surface area (Å²) in [6.45, 7) is 1.18. The smallest absolute Gasteiger partial charge is 0.321 e. The van der Waals surface area contributed by atoms with Gasteiger partial charge in [-0.3, -0.25) is 0 Å². The van der Waals surface area contributed by atoms with Gasteiger partial charge < -0.3 is 19.5 Å². The number of aromatic nitrogens is 4. The van der Waals surface area contributed by atoms with Crippen molar-refractivity contribution in [2.24, 2.45) is 0 Å². The Kier molecular flexibility index (Phi) is 5.92. The van der Waals surface area contributed by atoms with E-state index in [1.807, 2.05) is 54.6 Å². The van der Waals surface area contributed by atoms with Crippen molar-refractivity contribution in [1.82, 2.24) is 25.2 Å².